The molecule has 1 saturated heterocycles. The van der Waals surface area contributed by atoms with Crippen LogP contribution in [0.4, 0.5) is 23.2 Å². The Morgan fingerprint density at radius 3 is 2.33 bits per heavy atom. The first-order valence-electron chi connectivity index (χ1n) is 10.6. The molecular weight excluding hydrogens is 440 g/mol. The van der Waals surface area contributed by atoms with Crippen LogP contribution in [-0.4, -0.2) is 45.2 Å². The number of nitrogens with zero attached hydrogens (tertiary/aromatic N) is 4. The standard InChI is InChI=1S/C23H24F4N4O2/c1-15(33-18-6-8-30(9-7-18)22-5-3-17(25)11-21(22)27)23(32,12-31-14-28-13-29-31)19-4-2-16(24)10-20(19)26/h2-5,10-11,13-15,18,32H,6-9,12H2,1H3/t15-,23-/m1/s1. The van der Waals surface area contributed by atoms with Crippen molar-refractivity contribution in [2.45, 2.75) is 44.1 Å². The van der Waals surface area contributed by atoms with Crippen LogP contribution in [0.1, 0.15) is 25.3 Å². The van der Waals surface area contributed by atoms with Crippen molar-refractivity contribution < 1.29 is 27.4 Å². The number of halogens is 4. The van der Waals surface area contributed by atoms with Gasteiger partial charge in [-0.15, -0.1) is 0 Å². The van der Waals surface area contributed by atoms with E-state index < -0.39 is 35.0 Å². The Bertz CT molecular complexity index is 1090. The third-order valence-electron chi connectivity index (χ3n) is 6.03. The summed E-state index contributed by atoms with van der Waals surface area (Å²) < 4.78 is 62.9. The minimum absolute atomic E-state index is 0.113. The van der Waals surface area contributed by atoms with E-state index in [1.165, 1.54) is 35.5 Å². The second-order valence-corrected chi connectivity index (χ2v) is 8.20. The molecule has 2 aromatic carbocycles. The molecule has 1 aromatic heterocycles. The highest BCUT2D eigenvalue weighted by atomic mass is 19.1. The van der Waals surface area contributed by atoms with Gasteiger partial charge in [-0.2, -0.15) is 5.10 Å². The van der Waals surface area contributed by atoms with Crippen molar-refractivity contribution in [1.82, 2.24) is 14.8 Å². The average Bonchev–Trinajstić information content (AvgIpc) is 3.27. The van der Waals surface area contributed by atoms with Crippen molar-refractivity contribution in [3.05, 3.63) is 77.9 Å². The molecule has 1 aliphatic rings. The number of piperidine rings is 1. The van der Waals surface area contributed by atoms with Crippen molar-refractivity contribution >= 4 is 5.69 Å². The van der Waals surface area contributed by atoms with Crippen LogP contribution in [0.15, 0.2) is 49.1 Å². The summed E-state index contributed by atoms with van der Waals surface area (Å²) in [6, 6.07) is 6.45. The second-order valence-electron chi connectivity index (χ2n) is 8.20. The fourth-order valence-corrected chi connectivity index (χ4v) is 4.21. The zero-order valence-electron chi connectivity index (χ0n) is 18.0. The third-order valence-corrected chi connectivity index (χ3v) is 6.03. The van der Waals surface area contributed by atoms with Crippen LogP contribution in [0, 0.1) is 23.3 Å². The van der Waals surface area contributed by atoms with E-state index in [2.05, 4.69) is 10.1 Å². The molecule has 0 saturated carbocycles. The predicted molar refractivity (Wildman–Crippen MR) is 112 cm³/mol. The number of rotatable bonds is 7. The molecule has 2 atom stereocenters. The van der Waals surface area contributed by atoms with E-state index in [1.54, 1.807) is 11.8 Å². The first kappa shape index (κ1) is 23.2. The smallest absolute Gasteiger partial charge is 0.149 e. The minimum atomic E-state index is -1.86. The molecule has 0 radical (unpaired) electrons. The Kier molecular flexibility index (Phi) is 6.66. The summed E-state index contributed by atoms with van der Waals surface area (Å²) in [6.45, 7) is 2.39. The fraction of sp³-hybridized carbons (Fsp3) is 0.391. The van der Waals surface area contributed by atoms with Gasteiger partial charge in [-0.3, -0.25) is 0 Å². The first-order chi connectivity index (χ1) is 15.8. The van der Waals surface area contributed by atoms with E-state index in [0.717, 1.165) is 12.1 Å². The van der Waals surface area contributed by atoms with Gasteiger partial charge in [0.2, 0.25) is 0 Å². The summed E-state index contributed by atoms with van der Waals surface area (Å²) in [4.78, 5) is 5.65. The highest BCUT2D eigenvalue weighted by Crippen LogP contribution is 2.34. The Hall–Kier alpha value is -2.98. The van der Waals surface area contributed by atoms with E-state index in [0.29, 0.717) is 37.7 Å². The summed E-state index contributed by atoms with van der Waals surface area (Å²) in [6.07, 6.45) is 2.54. The fourth-order valence-electron chi connectivity index (χ4n) is 4.21. The van der Waals surface area contributed by atoms with Gasteiger partial charge in [0.15, 0.2) is 0 Å². The molecule has 1 aliphatic heterocycles. The molecule has 0 unspecified atom stereocenters. The highest BCUT2D eigenvalue weighted by Gasteiger charge is 2.41. The van der Waals surface area contributed by atoms with E-state index >= 15 is 0 Å². The van der Waals surface area contributed by atoms with Gasteiger partial charge >= 0.3 is 0 Å². The van der Waals surface area contributed by atoms with Crippen molar-refractivity contribution in [3.8, 4) is 0 Å². The average molecular weight is 464 g/mol. The molecule has 176 valence electrons. The van der Waals surface area contributed by atoms with Crippen LogP contribution in [-0.2, 0) is 16.9 Å². The summed E-state index contributed by atoms with van der Waals surface area (Å²) in [7, 11) is 0. The Morgan fingerprint density at radius 2 is 1.73 bits per heavy atom. The Morgan fingerprint density at radius 1 is 1.06 bits per heavy atom. The van der Waals surface area contributed by atoms with Gasteiger partial charge in [0.1, 0.15) is 41.5 Å². The molecule has 4 rings (SSSR count). The number of ether oxygens (including phenoxy) is 1. The van der Waals surface area contributed by atoms with Gasteiger partial charge in [0, 0.05) is 30.8 Å². The van der Waals surface area contributed by atoms with Crippen LogP contribution in [0.25, 0.3) is 0 Å². The molecule has 33 heavy (non-hydrogen) atoms. The van der Waals surface area contributed by atoms with Gasteiger partial charge in [-0.05, 0) is 38.0 Å². The molecule has 1 fully saturated rings. The summed E-state index contributed by atoms with van der Waals surface area (Å²) in [5, 5.41) is 15.5. The van der Waals surface area contributed by atoms with Crippen molar-refractivity contribution in [1.29, 1.82) is 0 Å². The van der Waals surface area contributed by atoms with Crippen molar-refractivity contribution in [2.75, 3.05) is 18.0 Å². The predicted octanol–water partition coefficient (Wildman–Crippen LogP) is 3.80. The number of benzene rings is 2. The summed E-state index contributed by atoms with van der Waals surface area (Å²) in [5.41, 5.74) is -1.65. The summed E-state index contributed by atoms with van der Waals surface area (Å²) in [5.74, 6) is -2.91. The zero-order valence-corrected chi connectivity index (χ0v) is 18.0. The van der Waals surface area contributed by atoms with Gasteiger partial charge in [-0.1, -0.05) is 6.07 Å². The van der Waals surface area contributed by atoms with Crippen LogP contribution in [0.5, 0.6) is 0 Å². The van der Waals surface area contributed by atoms with Gasteiger partial charge in [-0.25, -0.2) is 27.2 Å². The molecule has 10 heteroatoms. The molecule has 0 aliphatic carbocycles. The number of hydrogen-bond acceptors (Lipinski definition) is 5. The normalized spacial score (nSPS) is 17.7. The van der Waals surface area contributed by atoms with E-state index in [-0.39, 0.29) is 18.2 Å². The van der Waals surface area contributed by atoms with Crippen LogP contribution >= 0.6 is 0 Å². The molecule has 2 heterocycles. The van der Waals surface area contributed by atoms with Crippen LogP contribution in [0.3, 0.4) is 0 Å². The number of anilines is 1. The third kappa shape index (κ3) is 5.01. The largest absolute Gasteiger partial charge is 0.380 e. The maximum absolute atomic E-state index is 14.6. The molecule has 1 N–H and O–H groups in total. The number of hydrogen-bond donors (Lipinski definition) is 1. The molecule has 0 spiro atoms. The van der Waals surface area contributed by atoms with E-state index in [1.807, 2.05) is 0 Å². The topological polar surface area (TPSA) is 63.4 Å². The Labute approximate surface area is 188 Å². The van der Waals surface area contributed by atoms with Crippen LogP contribution < -0.4 is 4.90 Å². The lowest BCUT2D eigenvalue weighted by Crippen LogP contribution is -2.47. The number of aromatic nitrogens is 3. The lowest BCUT2D eigenvalue weighted by molar-refractivity contribution is -0.145. The zero-order chi connectivity index (χ0) is 23.6. The minimum Gasteiger partial charge on any atom is -0.380 e. The lowest BCUT2D eigenvalue weighted by atomic mass is 9.87. The van der Waals surface area contributed by atoms with Crippen molar-refractivity contribution in [3.63, 3.8) is 0 Å². The van der Waals surface area contributed by atoms with E-state index in [4.69, 9.17) is 4.74 Å². The van der Waals surface area contributed by atoms with Gasteiger partial charge in [0.05, 0.1) is 24.4 Å². The van der Waals surface area contributed by atoms with Crippen LogP contribution in [0.2, 0.25) is 0 Å². The second kappa shape index (κ2) is 9.48. The SMILES string of the molecule is C[C@@H](OC1CCN(c2ccc(F)cc2F)CC1)[C@](O)(Cn1cncn1)c1ccc(F)cc1F. The quantitative estimate of drug-likeness (QED) is 0.539. The van der Waals surface area contributed by atoms with Gasteiger partial charge < -0.3 is 14.7 Å². The Balaban J connectivity index is 1.49. The number of aliphatic hydroxyl groups is 1. The van der Waals surface area contributed by atoms with Gasteiger partial charge in [0.25, 0.3) is 0 Å². The first-order valence-corrected chi connectivity index (χ1v) is 10.6. The maximum Gasteiger partial charge on any atom is 0.149 e. The summed E-state index contributed by atoms with van der Waals surface area (Å²) >= 11 is 0. The molecule has 0 amide bonds. The molecule has 6 nitrogen and oxygen atoms in total. The maximum atomic E-state index is 14.6. The monoisotopic (exact) mass is 464 g/mol. The highest BCUT2D eigenvalue weighted by molar-refractivity contribution is 5.48. The lowest BCUT2D eigenvalue weighted by Gasteiger charge is -2.39. The molecule has 0 bridgehead atoms. The van der Waals surface area contributed by atoms with Crippen molar-refractivity contribution in [2.24, 2.45) is 0 Å². The van der Waals surface area contributed by atoms with E-state index in [9.17, 15) is 22.7 Å². The molecular formula is C23H24F4N4O2. The molecule has 3 aromatic rings.